The molecule has 7 heteroatoms. The monoisotopic (exact) mass is 341 g/mol. The molecule has 1 N–H and O–H groups in total. The van der Waals surface area contributed by atoms with E-state index in [1.807, 2.05) is 35.7 Å². The minimum atomic E-state index is -0.439. The number of anilines is 2. The maximum atomic E-state index is 11.1. The molecule has 1 heterocycles. The third-order valence-corrected chi connectivity index (χ3v) is 4.07. The smallest absolute Gasteiger partial charge is 0.311 e. The Kier molecular flexibility index (Phi) is 4.72. The molecule has 0 unspecified atom stereocenters. The molecule has 0 amide bonds. The van der Waals surface area contributed by atoms with Crippen LogP contribution in [0.15, 0.2) is 53.9 Å². The molecule has 0 radical (unpaired) electrons. The fourth-order valence-electron chi connectivity index (χ4n) is 2.12. The van der Waals surface area contributed by atoms with Gasteiger partial charge in [0.2, 0.25) is 0 Å². The van der Waals surface area contributed by atoms with Crippen molar-refractivity contribution < 1.29 is 9.66 Å². The van der Waals surface area contributed by atoms with E-state index in [-0.39, 0.29) is 18.0 Å². The van der Waals surface area contributed by atoms with E-state index in [2.05, 4.69) is 10.3 Å². The number of nitrogens with one attached hydrogen (secondary N) is 1. The van der Waals surface area contributed by atoms with Crippen molar-refractivity contribution in [3.63, 3.8) is 0 Å². The van der Waals surface area contributed by atoms with Crippen LogP contribution in [-0.4, -0.2) is 9.91 Å². The van der Waals surface area contributed by atoms with Crippen LogP contribution in [0.3, 0.4) is 0 Å². The Balaban J connectivity index is 1.67. The van der Waals surface area contributed by atoms with E-state index in [1.165, 1.54) is 17.4 Å². The molecule has 3 aromatic rings. The summed E-state index contributed by atoms with van der Waals surface area (Å²) in [5.41, 5.74) is 2.45. The van der Waals surface area contributed by atoms with Gasteiger partial charge in [-0.15, -0.1) is 11.3 Å². The van der Waals surface area contributed by atoms with Crippen molar-refractivity contribution in [2.75, 3.05) is 5.32 Å². The molecule has 1 aromatic heterocycles. The Morgan fingerprint density at radius 3 is 2.79 bits per heavy atom. The molecule has 24 heavy (non-hydrogen) atoms. The number of nitro benzene ring substituents is 1. The van der Waals surface area contributed by atoms with Crippen LogP contribution in [0.1, 0.15) is 11.3 Å². The average Bonchev–Trinajstić information content (AvgIpc) is 3.02. The van der Waals surface area contributed by atoms with Gasteiger partial charge < -0.3 is 10.1 Å². The van der Waals surface area contributed by atoms with Crippen molar-refractivity contribution in [3.05, 3.63) is 75.3 Å². The molecule has 0 aliphatic rings. The third kappa shape index (κ3) is 3.88. The van der Waals surface area contributed by atoms with Crippen LogP contribution in [0.2, 0.25) is 0 Å². The molecule has 0 aliphatic heterocycles. The number of nitro groups is 1. The molecule has 122 valence electrons. The Morgan fingerprint density at radius 2 is 2.04 bits per heavy atom. The van der Waals surface area contributed by atoms with Crippen LogP contribution in [0.25, 0.3) is 0 Å². The molecule has 2 aromatic carbocycles. The quantitative estimate of drug-likeness (QED) is 0.520. The largest absolute Gasteiger partial charge is 0.480 e. The summed E-state index contributed by atoms with van der Waals surface area (Å²) in [7, 11) is 0. The minimum Gasteiger partial charge on any atom is -0.480 e. The van der Waals surface area contributed by atoms with Gasteiger partial charge in [0.25, 0.3) is 0 Å². The summed E-state index contributed by atoms with van der Waals surface area (Å²) in [6, 6.07) is 14.6. The number of para-hydroxylation sites is 1. The lowest BCUT2D eigenvalue weighted by Gasteiger charge is -2.06. The van der Waals surface area contributed by atoms with Crippen LogP contribution >= 0.6 is 11.3 Å². The first kappa shape index (κ1) is 15.9. The third-order valence-electron chi connectivity index (χ3n) is 3.26. The second-order valence-electron chi connectivity index (χ2n) is 5.15. The Labute approximate surface area is 142 Å². The molecule has 0 spiro atoms. The number of thiazole rings is 1. The van der Waals surface area contributed by atoms with Gasteiger partial charge in [0.1, 0.15) is 6.61 Å². The minimum absolute atomic E-state index is 0.0344. The Hall–Kier alpha value is -2.93. The van der Waals surface area contributed by atoms with Gasteiger partial charge in [0, 0.05) is 17.1 Å². The Morgan fingerprint density at radius 1 is 1.25 bits per heavy atom. The van der Waals surface area contributed by atoms with Crippen LogP contribution in [0.4, 0.5) is 16.5 Å². The first-order chi connectivity index (χ1) is 11.6. The summed E-state index contributed by atoms with van der Waals surface area (Å²) in [6.45, 7) is 1.98. The molecular weight excluding hydrogens is 326 g/mol. The fourth-order valence-corrected chi connectivity index (χ4v) is 2.83. The lowest BCUT2D eigenvalue weighted by molar-refractivity contribution is -0.386. The number of hydrogen-bond donors (Lipinski definition) is 1. The highest BCUT2D eigenvalue weighted by atomic mass is 32.1. The van der Waals surface area contributed by atoms with Crippen molar-refractivity contribution in [1.29, 1.82) is 0 Å². The van der Waals surface area contributed by atoms with Crippen LogP contribution < -0.4 is 10.1 Å². The Bertz CT molecular complexity index is 849. The van der Waals surface area contributed by atoms with Gasteiger partial charge in [-0.1, -0.05) is 24.3 Å². The van der Waals surface area contributed by atoms with E-state index in [0.29, 0.717) is 5.69 Å². The highest BCUT2D eigenvalue weighted by Crippen LogP contribution is 2.29. The number of ether oxygens (including phenoxy) is 1. The predicted octanol–water partition coefficient (Wildman–Crippen LogP) is 4.68. The predicted molar refractivity (Wildman–Crippen MR) is 94.0 cm³/mol. The zero-order valence-corrected chi connectivity index (χ0v) is 13.7. The summed E-state index contributed by atoms with van der Waals surface area (Å²) in [6.07, 6.45) is 0. The van der Waals surface area contributed by atoms with Gasteiger partial charge in [0.05, 0.1) is 10.6 Å². The van der Waals surface area contributed by atoms with E-state index in [9.17, 15) is 10.1 Å². The topological polar surface area (TPSA) is 77.3 Å². The summed E-state index contributed by atoms with van der Waals surface area (Å²) in [4.78, 5) is 15.1. The number of benzene rings is 2. The number of aromatic nitrogens is 1. The lowest BCUT2D eigenvalue weighted by atomic mass is 10.2. The fraction of sp³-hybridized carbons (Fsp3) is 0.118. The van der Waals surface area contributed by atoms with Gasteiger partial charge in [0.15, 0.2) is 10.9 Å². The highest BCUT2D eigenvalue weighted by molar-refractivity contribution is 7.13. The van der Waals surface area contributed by atoms with Crippen molar-refractivity contribution in [3.8, 4) is 5.75 Å². The SMILES string of the molecule is Cc1ccc(OCc2csc(Nc3ccccc3)n2)c([N+](=O)[O-])c1. The number of hydrogen-bond acceptors (Lipinski definition) is 6. The summed E-state index contributed by atoms with van der Waals surface area (Å²) in [5, 5.41) is 16.9. The van der Waals surface area contributed by atoms with E-state index < -0.39 is 4.92 Å². The molecule has 0 aliphatic carbocycles. The summed E-state index contributed by atoms with van der Waals surface area (Å²) >= 11 is 1.46. The van der Waals surface area contributed by atoms with Crippen LogP contribution in [0, 0.1) is 17.0 Å². The van der Waals surface area contributed by atoms with Crippen molar-refractivity contribution >= 4 is 27.8 Å². The first-order valence-electron chi connectivity index (χ1n) is 7.26. The van der Waals surface area contributed by atoms with Crippen molar-refractivity contribution in [1.82, 2.24) is 4.98 Å². The number of aryl methyl sites for hydroxylation is 1. The second kappa shape index (κ2) is 7.10. The van der Waals surface area contributed by atoms with Crippen LogP contribution in [-0.2, 0) is 6.61 Å². The van der Waals surface area contributed by atoms with Gasteiger partial charge >= 0.3 is 5.69 Å². The van der Waals surface area contributed by atoms with E-state index in [4.69, 9.17) is 4.74 Å². The maximum absolute atomic E-state index is 11.1. The zero-order chi connectivity index (χ0) is 16.9. The summed E-state index contributed by atoms with van der Waals surface area (Å²) in [5.74, 6) is 0.246. The maximum Gasteiger partial charge on any atom is 0.311 e. The zero-order valence-electron chi connectivity index (χ0n) is 12.9. The lowest BCUT2D eigenvalue weighted by Crippen LogP contribution is -2.00. The molecule has 0 fully saturated rings. The molecule has 0 atom stereocenters. The summed E-state index contributed by atoms with van der Waals surface area (Å²) < 4.78 is 5.58. The average molecular weight is 341 g/mol. The molecular formula is C17H15N3O3S. The molecule has 3 rings (SSSR count). The van der Waals surface area contributed by atoms with E-state index >= 15 is 0 Å². The van der Waals surface area contributed by atoms with Gasteiger partial charge in [-0.25, -0.2) is 4.98 Å². The van der Waals surface area contributed by atoms with Crippen LogP contribution in [0.5, 0.6) is 5.75 Å². The van der Waals surface area contributed by atoms with Crippen molar-refractivity contribution in [2.24, 2.45) is 0 Å². The highest BCUT2D eigenvalue weighted by Gasteiger charge is 2.15. The second-order valence-corrected chi connectivity index (χ2v) is 6.01. The standard InChI is InChI=1S/C17H15N3O3S/c1-12-7-8-16(15(9-12)20(21)22)23-10-14-11-24-17(19-14)18-13-5-3-2-4-6-13/h2-9,11H,10H2,1H3,(H,18,19). The first-order valence-corrected chi connectivity index (χ1v) is 8.14. The van der Waals surface area contributed by atoms with Crippen molar-refractivity contribution in [2.45, 2.75) is 13.5 Å². The number of rotatable bonds is 6. The molecule has 0 saturated heterocycles. The molecule has 0 bridgehead atoms. The van der Waals surface area contributed by atoms with E-state index in [1.54, 1.807) is 19.1 Å². The van der Waals surface area contributed by atoms with E-state index in [0.717, 1.165) is 16.4 Å². The van der Waals surface area contributed by atoms with Gasteiger partial charge in [-0.3, -0.25) is 10.1 Å². The number of nitrogens with zero attached hydrogens (tertiary/aromatic N) is 2. The van der Waals surface area contributed by atoms with Gasteiger partial charge in [-0.2, -0.15) is 0 Å². The molecule has 0 saturated carbocycles. The molecule has 6 nitrogen and oxygen atoms in total. The van der Waals surface area contributed by atoms with Gasteiger partial charge in [-0.05, 0) is 30.7 Å². The normalized spacial score (nSPS) is 10.4.